The highest BCUT2D eigenvalue weighted by Crippen LogP contribution is 2.32. The van der Waals surface area contributed by atoms with Crippen molar-refractivity contribution in [1.82, 2.24) is 5.32 Å². The van der Waals surface area contributed by atoms with Crippen LogP contribution in [0.4, 0.5) is 0 Å². The van der Waals surface area contributed by atoms with Gasteiger partial charge in [0.25, 0.3) is 0 Å². The fourth-order valence-corrected chi connectivity index (χ4v) is 2.03. The molecule has 1 saturated carbocycles. The van der Waals surface area contributed by atoms with E-state index < -0.39 is 0 Å². The maximum absolute atomic E-state index is 9.75. The molecule has 1 aromatic carbocycles. The molecule has 1 aliphatic carbocycles. The molecule has 2 N–H and O–H groups in total. The quantitative estimate of drug-likeness (QED) is 0.755. The van der Waals surface area contributed by atoms with Crippen molar-refractivity contribution in [3.63, 3.8) is 0 Å². The summed E-state index contributed by atoms with van der Waals surface area (Å²) in [6.07, 6.45) is 2.19. The molecule has 3 heteroatoms. The molecule has 1 unspecified atom stereocenters. The summed E-state index contributed by atoms with van der Waals surface area (Å²) in [6, 6.07) is 8.24. The first-order chi connectivity index (χ1) is 8.31. The number of rotatable bonds is 7. The first-order valence-electron chi connectivity index (χ1n) is 6.25. The van der Waals surface area contributed by atoms with Gasteiger partial charge in [0, 0.05) is 20.2 Å². The van der Waals surface area contributed by atoms with Crippen LogP contribution in [0.25, 0.3) is 0 Å². The predicted molar refractivity (Wildman–Crippen MR) is 67.6 cm³/mol. The van der Waals surface area contributed by atoms with Crippen molar-refractivity contribution in [2.45, 2.75) is 32.1 Å². The van der Waals surface area contributed by atoms with Crippen molar-refractivity contribution in [1.29, 1.82) is 0 Å². The second-order valence-corrected chi connectivity index (χ2v) is 4.74. The first kappa shape index (κ1) is 12.6. The van der Waals surface area contributed by atoms with Crippen molar-refractivity contribution >= 4 is 0 Å². The number of aliphatic hydroxyl groups is 1. The largest absolute Gasteiger partial charge is 0.392 e. The van der Waals surface area contributed by atoms with Gasteiger partial charge in [-0.05, 0) is 29.9 Å². The van der Waals surface area contributed by atoms with E-state index in [1.54, 1.807) is 7.11 Å². The molecular formula is C14H21NO2. The third-order valence-corrected chi connectivity index (χ3v) is 3.25. The van der Waals surface area contributed by atoms with E-state index in [9.17, 15) is 5.11 Å². The number of hydrogen-bond acceptors (Lipinski definition) is 3. The molecule has 94 valence electrons. The molecule has 1 atom stereocenters. The van der Waals surface area contributed by atoms with Crippen molar-refractivity contribution in [3.8, 4) is 0 Å². The summed E-state index contributed by atoms with van der Waals surface area (Å²) in [5.74, 6) is 0.539. The second kappa shape index (κ2) is 6.15. The lowest BCUT2D eigenvalue weighted by molar-refractivity contribution is 0.148. The van der Waals surface area contributed by atoms with Crippen LogP contribution in [0.5, 0.6) is 0 Å². The van der Waals surface area contributed by atoms with E-state index in [-0.39, 0.29) is 6.10 Å². The minimum atomic E-state index is -0.176. The summed E-state index contributed by atoms with van der Waals surface area (Å²) < 4.78 is 5.17. The monoisotopic (exact) mass is 235 g/mol. The Morgan fingerprint density at radius 1 is 1.35 bits per heavy atom. The average molecular weight is 235 g/mol. The summed E-state index contributed by atoms with van der Waals surface area (Å²) in [5, 5.41) is 13.1. The van der Waals surface area contributed by atoms with Crippen LogP contribution in [-0.4, -0.2) is 24.9 Å². The Kier molecular flexibility index (Phi) is 4.54. The number of methoxy groups -OCH3 is 1. The molecule has 0 amide bonds. The molecule has 2 rings (SSSR count). The number of hydrogen-bond donors (Lipinski definition) is 2. The summed E-state index contributed by atoms with van der Waals surface area (Å²) in [4.78, 5) is 0. The van der Waals surface area contributed by atoms with Crippen LogP contribution in [0.2, 0.25) is 0 Å². The highest BCUT2D eigenvalue weighted by molar-refractivity contribution is 5.26. The van der Waals surface area contributed by atoms with Gasteiger partial charge >= 0.3 is 0 Å². The van der Waals surface area contributed by atoms with E-state index in [4.69, 9.17) is 4.74 Å². The van der Waals surface area contributed by atoms with Gasteiger partial charge < -0.3 is 15.2 Å². The van der Waals surface area contributed by atoms with Gasteiger partial charge in [-0.15, -0.1) is 0 Å². The highest BCUT2D eigenvalue weighted by atomic mass is 16.5. The van der Waals surface area contributed by atoms with Crippen molar-refractivity contribution in [2.75, 3.05) is 13.7 Å². The minimum absolute atomic E-state index is 0.176. The van der Waals surface area contributed by atoms with Gasteiger partial charge in [0.1, 0.15) is 0 Å². The zero-order valence-electron chi connectivity index (χ0n) is 10.4. The van der Waals surface area contributed by atoms with Gasteiger partial charge in [-0.25, -0.2) is 0 Å². The number of ether oxygens (including phenoxy) is 1. The van der Waals surface area contributed by atoms with Gasteiger partial charge in [0.05, 0.1) is 12.7 Å². The van der Waals surface area contributed by atoms with Crippen LogP contribution in [0.15, 0.2) is 24.3 Å². The van der Waals surface area contributed by atoms with Gasteiger partial charge in [0.2, 0.25) is 0 Å². The molecule has 0 heterocycles. The van der Waals surface area contributed by atoms with Crippen molar-refractivity contribution < 1.29 is 9.84 Å². The molecule has 1 fully saturated rings. The zero-order valence-corrected chi connectivity index (χ0v) is 10.4. The first-order valence-corrected chi connectivity index (χ1v) is 6.25. The van der Waals surface area contributed by atoms with E-state index in [2.05, 4.69) is 17.4 Å². The molecular weight excluding hydrogens is 214 g/mol. The van der Waals surface area contributed by atoms with Crippen LogP contribution >= 0.6 is 0 Å². The fourth-order valence-electron chi connectivity index (χ4n) is 2.03. The number of nitrogens with one attached hydrogen (secondary N) is 1. The average Bonchev–Trinajstić information content (AvgIpc) is 3.15. The highest BCUT2D eigenvalue weighted by Gasteiger charge is 2.29. The lowest BCUT2D eigenvalue weighted by atomic mass is 10.1. The van der Waals surface area contributed by atoms with Gasteiger partial charge in [-0.2, -0.15) is 0 Å². The van der Waals surface area contributed by atoms with Crippen molar-refractivity contribution in [3.05, 3.63) is 35.4 Å². The molecule has 0 aliphatic heterocycles. The summed E-state index contributed by atoms with van der Waals surface area (Å²) >= 11 is 0. The Balaban J connectivity index is 1.80. The number of aliphatic hydroxyl groups excluding tert-OH is 1. The standard InChI is InChI=1S/C14H21NO2/c1-17-10-13-5-3-2-4-12(13)8-15-9-14(16)11-6-7-11/h2-5,11,14-16H,6-10H2,1H3. The van der Waals surface area contributed by atoms with Gasteiger partial charge in [-0.1, -0.05) is 24.3 Å². The third kappa shape index (κ3) is 3.80. The summed E-state index contributed by atoms with van der Waals surface area (Å²) in [7, 11) is 1.71. The molecule has 1 aromatic rings. The Hall–Kier alpha value is -0.900. The Morgan fingerprint density at radius 3 is 2.71 bits per heavy atom. The van der Waals surface area contributed by atoms with Crippen LogP contribution in [0.1, 0.15) is 24.0 Å². The molecule has 0 saturated heterocycles. The molecule has 0 bridgehead atoms. The molecule has 3 nitrogen and oxygen atoms in total. The number of benzene rings is 1. The molecule has 0 aromatic heterocycles. The van der Waals surface area contributed by atoms with E-state index in [1.807, 2.05) is 12.1 Å². The lowest BCUT2D eigenvalue weighted by Gasteiger charge is -2.13. The topological polar surface area (TPSA) is 41.5 Å². The SMILES string of the molecule is COCc1ccccc1CNCC(O)C1CC1. The normalized spacial score (nSPS) is 17.1. The molecule has 17 heavy (non-hydrogen) atoms. The maximum atomic E-state index is 9.75. The molecule has 1 aliphatic rings. The molecule has 0 radical (unpaired) electrons. The van der Waals surface area contributed by atoms with E-state index >= 15 is 0 Å². The van der Waals surface area contributed by atoms with Gasteiger partial charge in [0.15, 0.2) is 0 Å². The Labute approximate surface area is 103 Å². The fraction of sp³-hybridized carbons (Fsp3) is 0.571. The van der Waals surface area contributed by atoms with Crippen LogP contribution in [-0.2, 0) is 17.9 Å². The van der Waals surface area contributed by atoms with E-state index in [0.717, 1.165) is 6.54 Å². The van der Waals surface area contributed by atoms with Crippen molar-refractivity contribution in [2.24, 2.45) is 5.92 Å². The zero-order chi connectivity index (χ0) is 12.1. The maximum Gasteiger partial charge on any atom is 0.0716 e. The Bertz CT molecular complexity index is 350. The third-order valence-electron chi connectivity index (χ3n) is 3.25. The smallest absolute Gasteiger partial charge is 0.0716 e. The van der Waals surface area contributed by atoms with Gasteiger partial charge in [-0.3, -0.25) is 0 Å². The van der Waals surface area contributed by atoms with Crippen LogP contribution < -0.4 is 5.32 Å². The van der Waals surface area contributed by atoms with Crippen LogP contribution in [0, 0.1) is 5.92 Å². The predicted octanol–water partition coefficient (Wildman–Crippen LogP) is 1.69. The summed E-state index contributed by atoms with van der Waals surface area (Å²) in [6.45, 7) is 2.12. The van der Waals surface area contributed by atoms with Crippen LogP contribution in [0.3, 0.4) is 0 Å². The van der Waals surface area contributed by atoms with E-state index in [0.29, 0.717) is 19.1 Å². The summed E-state index contributed by atoms with van der Waals surface area (Å²) in [5.41, 5.74) is 2.46. The van der Waals surface area contributed by atoms with E-state index in [1.165, 1.54) is 24.0 Å². The lowest BCUT2D eigenvalue weighted by Crippen LogP contribution is -2.28. The Morgan fingerprint density at radius 2 is 2.06 bits per heavy atom. The minimum Gasteiger partial charge on any atom is -0.392 e. The molecule has 0 spiro atoms. The second-order valence-electron chi connectivity index (χ2n) is 4.74.